The van der Waals surface area contributed by atoms with E-state index in [-0.39, 0.29) is 42.4 Å². The van der Waals surface area contributed by atoms with Crippen molar-refractivity contribution in [2.24, 2.45) is 4.99 Å². The number of nitrogens with one attached hydrogen (secondary N) is 2. The van der Waals surface area contributed by atoms with Crippen LogP contribution in [0.2, 0.25) is 0 Å². The lowest BCUT2D eigenvalue weighted by molar-refractivity contribution is -0.131. The van der Waals surface area contributed by atoms with Gasteiger partial charge in [0.05, 0.1) is 48.6 Å². The Morgan fingerprint density at radius 1 is 0.652 bits per heavy atom. The van der Waals surface area contributed by atoms with Gasteiger partial charge in [0.1, 0.15) is 54.8 Å². The predicted octanol–water partition coefficient (Wildman–Crippen LogP) is 11.4. The Balaban J connectivity index is 0.000000150. The number of aliphatic imine (C=N–C) groups is 1. The summed E-state index contributed by atoms with van der Waals surface area (Å²) in [4.78, 5) is 20.3. The zero-order valence-electron chi connectivity index (χ0n) is 34.2. The van der Waals surface area contributed by atoms with Gasteiger partial charge in [0.15, 0.2) is 0 Å². The smallest absolute Gasteiger partial charge is 0.387 e. The van der Waals surface area contributed by atoms with Gasteiger partial charge in [-0.05, 0) is 70.5 Å². The zero-order chi connectivity index (χ0) is 46.7. The third-order valence-corrected chi connectivity index (χ3v) is 11.6. The first-order valence-electron chi connectivity index (χ1n) is 19.9. The maximum absolute atomic E-state index is 12.7. The largest absolute Gasteiger partial charge is 0.434 e. The monoisotopic (exact) mass is 1110 g/mol. The number of aromatic nitrogens is 2. The summed E-state index contributed by atoms with van der Waals surface area (Å²) in [6.07, 6.45) is 0. The second-order valence-electron chi connectivity index (χ2n) is 14.3. The third-order valence-electron chi connectivity index (χ3n) is 9.93. The van der Waals surface area contributed by atoms with Gasteiger partial charge in [-0.25, -0.2) is 4.98 Å². The van der Waals surface area contributed by atoms with Crippen LogP contribution in [0.15, 0.2) is 128 Å². The fourth-order valence-corrected chi connectivity index (χ4v) is 8.73. The molecule has 1 aromatic heterocycles. The second-order valence-corrected chi connectivity index (χ2v) is 17.0. The van der Waals surface area contributed by atoms with Crippen molar-refractivity contribution in [2.45, 2.75) is 44.6 Å². The van der Waals surface area contributed by atoms with E-state index in [1.54, 1.807) is 60.7 Å². The second kappa shape index (κ2) is 23.0. The topological polar surface area (TPSA) is 127 Å². The Labute approximate surface area is 399 Å². The number of benzene rings is 5. The maximum Gasteiger partial charge on any atom is 0.387 e. The Bertz CT molecular complexity index is 2650. The number of hydrogen-bond acceptors (Lipinski definition) is 10. The van der Waals surface area contributed by atoms with Crippen LogP contribution >= 0.6 is 47.8 Å². The molecular formula is C45H38Br3F6N5O7. The van der Waals surface area contributed by atoms with Crippen molar-refractivity contribution in [3.05, 3.63) is 145 Å². The summed E-state index contributed by atoms with van der Waals surface area (Å²) in [5.74, 6) is 1.44. The van der Waals surface area contributed by atoms with Crippen LogP contribution in [0, 0.1) is 0 Å². The number of para-hydroxylation sites is 3. The summed E-state index contributed by atoms with van der Waals surface area (Å²) < 4.78 is 110. The third kappa shape index (κ3) is 12.8. The van der Waals surface area contributed by atoms with E-state index in [4.69, 9.17) is 18.9 Å². The normalized spacial score (nSPS) is 18.0. The Kier molecular flexibility index (Phi) is 17.0. The Morgan fingerprint density at radius 3 is 1.86 bits per heavy atom. The van der Waals surface area contributed by atoms with Gasteiger partial charge in [-0.2, -0.15) is 26.3 Å². The van der Waals surface area contributed by atoms with Crippen LogP contribution in [0.1, 0.15) is 40.6 Å². The number of anilines is 1. The number of alkyl halides is 6. The Hall–Kier alpha value is -5.19. The molecule has 2 N–H and O–H groups in total. The van der Waals surface area contributed by atoms with Crippen molar-refractivity contribution in [1.82, 2.24) is 14.9 Å². The van der Waals surface area contributed by atoms with Crippen LogP contribution < -0.4 is 24.8 Å². The van der Waals surface area contributed by atoms with E-state index in [2.05, 4.69) is 77.9 Å². The molecular weight excluding hydrogens is 1080 g/mol. The number of carbonyl (C=O) groups is 1. The molecule has 0 bridgehead atoms. The van der Waals surface area contributed by atoms with E-state index in [0.717, 1.165) is 36.0 Å². The highest BCUT2D eigenvalue weighted by atomic mass is 79.9. The van der Waals surface area contributed by atoms with E-state index >= 15 is 0 Å². The molecule has 66 heavy (non-hydrogen) atoms. The van der Waals surface area contributed by atoms with Crippen molar-refractivity contribution in [1.29, 1.82) is 0 Å². The number of fused-ring (bicyclic) bond motifs is 3. The number of nitrogens with zero attached hydrogens (tertiary/aromatic N) is 3. The molecule has 0 unspecified atom stereocenters. The number of amides is 1. The molecule has 6 aromatic rings. The SMILES string of the molecule is FC(F)Oc1ccccc1[C@H]1COCC(Nc2ccc(Br)cc2Br)=N1.FC(F)Oc1ccccc1[C@H]1COCc2nc3ccc(Br)cc3n21.O=C1COC[C@H](c2ccccc2OC(F)F)N1. The molecule has 0 spiro atoms. The van der Waals surface area contributed by atoms with Gasteiger partial charge in [-0.15, -0.1) is 0 Å². The molecule has 1 fully saturated rings. The van der Waals surface area contributed by atoms with Crippen molar-refractivity contribution in [3.8, 4) is 17.2 Å². The highest BCUT2D eigenvalue weighted by Gasteiger charge is 2.29. The molecule has 3 aliphatic rings. The van der Waals surface area contributed by atoms with Crippen molar-refractivity contribution in [2.75, 3.05) is 38.4 Å². The molecule has 5 aromatic carbocycles. The lowest BCUT2D eigenvalue weighted by Gasteiger charge is -2.28. The average molecular weight is 1110 g/mol. The Morgan fingerprint density at radius 2 is 1.21 bits per heavy atom. The van der Waals surface area contributed by atoms with Gasteiger partial charge in [-0.3, -0.25) is 9.79 Å². The lowest BCUT2D eigenvalue weighted by atomic mass is 10.0. The standard InChI is InChI=1S/C17H14Br2F2N2O2.C17H13BrF2N2O2.C11H11F2NO3/c18-10-5-6-13(12(19)7-10)22-16-9-24-8-14(23-16)11-3-1-2-4-15(11)25-17(20)21;18-10-5-6-12-13(7-10)22-14(8-23-9-16(22)21-12)11-3-1-2-4-15(11)24-17(19)20;12-11(13)17-9-4-2-1-3-7(9)8-5-16-6-10(15)14-8/h1-7,14,17H,8-9H2,(H,22,23);1-7,14,17H,8-9H2;1-4,8,11H,5-6H2,(H,14,15)/t2*14-;8-/m111/s1. The number of ether oxygens (including phenoxy) is 6. The molecule has 1 saturated heterocycles. The fraction of sp³-hybridized carbons (Fsp3) is 0.267. The summed E-state index contributed by atoms with van der Waals surface area (Å²) in [5, 5.41) is 5.86. The van der Waals surface area contributed by atoms with E-state index in [1.807, 2.05) is 41.0 Å². The number of imidazole rings is 1. The molecule has 21 heteroatoms. The van der Waals surface area contributed by atoms with Gasteiger partial charge in [0.2, 0.25) is 5.91 Å². The van der Waals surface area contributed by atoms with Crippen LogP contribution in [-0.2, 0) is 25.6 Å². The van der Waals surface area contributed by atoms with Crippen LogP contribution in [0.4, 0.5) is 32.0 Å². The molecule has 3 aliphatic heterocycles. The predicted molar refractivity (Wildman–Crippen MR) is 243 cm³/mol. The molecule has 9 rings (SSSR count). The molecule has 12 nitrogen and oxygen atoms in total. The van der Waals surface area contributed by atoms with Gasteiger partial charge in [0.25, 0.3) is 0 Å². The minimum Gasteiger partial charge on any atom is -0.434 e. The number of morpholine rings is 1. The number of halogens is 9. The maximum atomic E-state index is 12.7. The average Bonchev–Trinajstić information content (AvgIpc) is 3.66. The number of hydrogen-bond donors (Lipinski definition) is 2. The van der Waals surface area contributed by atoms with Gasteiger partial charge < -0.3 is 43.6 Å². The van der Waals surface area contributed by atoms with Gasteiger partial charge >= 0.3 is 19.8 Å². The minimum atomic E-state index is -2.89. The molecule has 348 valence electrons. The quantitative estimate of drug-likeness (QED) is 0.129. The van der Waals surface area contributed by atoms with Crippen molar-refractivity contribution < 1.29 is 59.6 Å². The molecule has 0 radical (unpaired) electrons. The first-order chi connectivity index (χ1) is 31.8. The summed E-state index contributed by atoms with van der Waals surface area (Å²) in [5.41, 5.74) is 4.31. The molecule has 0 aliphatic carbocycles. The highest BCUT2D eigenvalue weighted by molar-refractivity contribution is 9.11. The van der Waals surface area contributed by atoms with Crippen LogP contribution in [0.5, 0.6) is 17.2 Å². The first kappa shape index (κ1) is 48.7. The summed E-state index contributed by atoms with van der Waals surface area (Å²) in [6, 6.07) is 30.1. The van der Waals surface area contributed by atoms with Crippen molar-refractivity contribution >= 4 is 76.3 Å². The van der Waals surface area contributed by atoms with Gasteiger partial charge in [-0.1, -0.05) is 86.5 Å². The molecule has 3 atom stereocenters. The van der Waals surface area contributed by atoms with E-state index in [9.17, 15) is 31.1 Å². The fourth-order valence-electron chi connectivity index (χ4n) is 7.24. The van der Waals surface area contributed by atoms with Crippen LogP contribution in [-0.4, -0.2) is 74.2 Å². The van der Waals surface area contributed by atoms with Crippen LogP contribution in [0.3, 0.4) is 0 Å². The number of carbonyl (C=O) groups excluding carboxylic acids is 1. The summed E-state index contributed by atoms with van der Waals surface area (Å²) in [7, 11) is 0. The molecule has 0 saturated carbocycles. The minimum absolute atomic E-state index is 0.00558. The highest BCUT2D eigenvalue weighted by Crippen LogP contribution is 2.37. The lowest BCUT2D eigenvalue weighted by Crippen LogP contribution is -2.39. The number of rotatable bonds is 10. The van der Waals surface area contributed by atoms with E-state index < -0.39 is 31.9 Å². The summed E-state index contributed by atoms with van der Waals surface area (Å²) >= 11 is 10.4. The first-order valence-corrected chi connectivity index (χ1v) is 22.3. The molecule has 4 heterocycles. The van der Waals surface area contributed by atoms with E-state index in [1.165, 1.54) is 12.1 Å². The van der Waals surface area contributed by atoms with Crippen molar-refractivity contribution in [3.63, 3.8) is 0 Å². The van der Waals surface area contributed by atoms with E-state index in [0.29, 0.717) is 49.0 Å². The number of amidine groups is 1. The zero-order valence-corrected chi connectivity index (χ0v) is 39.0. The summed E-state index contributed by atoms with van der Waals surface area (Å²) in [6.45, 7) is -7.03. The molecule has 1 amide bonds. The van der Waals surface area contributed by atoms with Crippen LogP contribution in [0.25, 0.3) is 11.0 Å². The van der Waals surface area contributed by atoms with Gasteiger partial charge in [0, 0.05) is 30.1 Å².